The highest BCUT2D eigenvalue weighted by Crippen LogP contribution is 2.42. The zero-order valence-corrected chi connectivity index (χ0v) is 10.3. The van der Waals surface area contributed by atoms with Gasteiger partial charge in [-0.3, -0.25) is 0 Å². The number of aliphatic carboxylic acids is 1. The number of allylic oxidation sites excluding steroid dienone is 3. The van der Waals surface area contributed by atoms with Crippen molar-refractivity contribution in [3.05, 3.63) is 59.2 Å². The van der Waals surface area contributed by atoms with Crippen molar-refractivity contribution < 1.29 is 9.90 Å². The van der Waals surface area contributed by atoms with Crippen molar-refractivity contribution in [2.45, 2.75) is 12.8 Å². The van der Waals surface area contributed by atoms with Crippen molar-refractivity contribution in [3.63, 3.8) is 0 Å². The molecule has 0 saturated heterocycles. The van der Waals surface area contributed by atoms with Gasteiger partial charge in [-0.2, -0.15) is 0 Å². The van der Waals surface area contributed by atoms with Gasteiger partial charge in [0.25, 0.3) is 0 Å². The molecule has 92 valence electrons. The summed E-state index contributed by atoms with van der Waals surface area (Å²) in [5, 5.41) is 11.8. The summed E-state index contributed by atoms with van der Waals surface area (Å²) in [5.74, 6) is -0.835. The van der Waals surface area contributed by atoms with Gasteiger partial charge in [-0.1, -0.05) is 42.5 Å². The van der Waals surface area contributed by atoms with E-state index in [1.54, 1.807) is 0 Å². The number of carboxylic acid groups (broad SMARTS) is 1. The van der Waals surface area contributed by atoms with E-state index in [9.17, 15) is 9.90 Å². The maximum absolute atomic E-state index is 11.4. The quantitative estimate of drug-likeness (QED) is 0.836. The van der Waals surface area contributed by atoms with Crippen molar-refractivity contribution >= 4 is 27.9 Å². The monoisotopic (exact) mass is 248 g/mol. The first-order chi connectivity index (χ1) is 9.25. The lowest BCUT2D eigenvalue weighted by Gasteiger charge is -2.25. The molecule has 1 N–H and O–H groups in total. The van der Waals surface area contributed by atoms with Crippen LogP contribution < -0.4 is 0 Å². The van der Waals surface area contributed by atoms with Crippen LogP contribution in [0.5, 0.6) is 0 Å². The molecule has 0 unspecified atom stereocenters. The molecule has 0 bridgehead atoms. The Kier molecular flexibility index (Phi) is 1.99. The molecule has 0 aromatic heterocycles. The fourth-order valence-corrected chi connectivity index (χ4v) is 3.23. The topological polar surface area (TPSA) is 37.3 Å². The molecule has 2 nitrogen and oxygen atoms in total. The number of carboxylic acids is 1. The third-order valence-corrected chi connectivity index (χ3v) is 4.07. The molecule has 2 aliphatic carbocycles. The van der Waals surface area contributed by atoms with Crippen LogP contribution in [0.2, 0.25) is 0 Å². The second-order valence-corrected chi connectivity index (χ2v) is 5.06. The van der Waals surface area contributed by atoms with Crippen LogP contribution in [0.1, 0.15) is 23.1 Å². The molecule has 19 heavy (non-hydrogen) atoms. The van der Waals surface area contributed by atoms with Crippen LogP contribution in [0.3, 0.4) is 0 Å². The SMILES string of the molecule is O=C(O)C1=CCC2=CCc3cccc4ccc1c2c34. The van der Waals surface area contributed by atoms with Crippen LogP contribution in [0.15, 0.2) is 42.5 Å². The fourth-order valence-electron chi connectivity index (χ4n) is 3.23. The summed E-state index contributed by atoms with van der Waals surface area (Å²) in [5.41, 5.74) is 5.00. The van der Waals surface area contributed by atoms with Gasteiger partial charge in [0.05, 0.1) is 5.57 Å². The Hall–Kier alpha value is -2.35. The maximum Gasteiger partial charge on any atom is 0.336 e. The van der Waals surface area contributed by atoms with E-state index in [0.29, 0.717) is 5.57 Å². The first kappa shape index (κ1) is 10.6. The lowest BCUT2D eigenvalue weighted by Crippen LogP contribution is -2.10. The summed E-state index contributed by atoms with van der Waals surface area (Å²) in [6.07, 6.45) is 5.73. The zero-order chi connectivity index (χ0) is 13.0. The number of hydrogen-bond donors (Lipinski definition) is 1. The Morgan fingerprint density at radius 2 is 1.95 bits per heavy atom. The van der Waals surface area contributed by atoms with Gasteiger partial charge in [0.15, 0.2) is 0 Å². The third-order valence-electron chi connectivity index (χ3n) is 4.07. The Morgan fingerprint density at radius 1 is 1.05 bits per heavy atom. The smallest absolute Gasteiger partial charge is 0.336 e. The molecule has 2 aliphatic rings. The molecular weight excluding hydrogens is 236 g/mol. The number of hydrogen-bond acceptors (Lipinski definition) is 1. The normalized spacial score (nSPS) is 16.0. The van der Waals surface area contributed by atoms with Crippen LogP contribution in [0.25, 0.3) is 21.9 Å². The summed E-state index contributed by atoms with van der Waals surface area (Å²) < 4.78 is 0. The predicted molar refractivity (Wildman–Crippen MR) is 75.9 cm³/mol. The molecule has 2 aromatic rings. The van der Waals surface area contributed by atoms with Gasteiger partial charge < -0.3 is 5.11 Å². The standard InChI is InChI=1S/C17H12O2/c18-17(19)14-9-7-12-5-4-10-2-1-3-11-6-8-13(14)16(12)15(10)11/h1-3,5-6,8-9H,4,7H2,(H,18,19). The highest BCUT2D eigenvalue weighted by atomic mass is 16.4. The second-order valence-electron chi connectivity index (χ2n) is 5.06. The van der Waals surface area contributed by atoms with E-state index >= 15 is 0 Å². The van der Waals surface area contributed by atoms with E-state index in [2.05, 4.69) is 24.3 Å². The summed E-state index contributed by atoms with van der Waals surface area (Å²) in [7, 11) is 0. The third kappa shape index (κ3) is 1.34. The number of rotatable bonds is 1. The Bertz CT molecular complexity index is 794. The largest absolute Gasteiger partial charge is 0.478 e. The average Bonchev–Trinajstić information content (AvgIpc) is 2.44. The molecule has 0 amide bonds. The minimum absolute atomic E-state index is 0.436. The molecular formula is C17H12O2. The van der Waals surface area contributed by atoms with E-state index < -0.39 is 5.97 Å². The van der Waals surface area contributed by atoms with E-state index in [4.69, 9.17) is 0 Å². The average molecular weight is 248 g/mol. The Labute approximate surface area is 110 Å². The van der Waals surface area contributed by atoms with Gasteiger partial charge in [-0.05, 0) is 45.9 Å². The lowest BCUT2D eigenvalue weighted by molar-refractivity contribution is -0.130. The van der Waals surface area contributed by atoms with E-state index in [1.807, 2.05) is 18.2 Å². The molecule has 0 spiro atoms. The van der Waals surface area contributed by atoms with Crippen molar-refractivity contribution in [2.24, 2.45) is 0 Å². The van der Waals surface area contributed by atoms with Crippen LogP contribution in [-0.2, 0) is 11.2 Å². The van der Waals surface area contributed by atoms with Crippen molar-refractivity contribution in [3.8, 4) is 0 Å². The lowest BCUT2D eigenvalue weighted by atomic mass is 9.79. The molecule has 2 heteroatoms. The van der Waals surface area contributed by atoms with Gasteiger partial charge in [-0.15, -0.1) is 0 Å². The van der Waals surface area contributed by atoms with E-state index in [-0.39, 0.29) is 0 Å². The second kappa shape index (κ2) is 3.58. The van der Waals surface area contributed by atoms with Crippen molar-refractivity contribution in [1.82, 2.24) is 0 Å². The van der Waals surface area contributed by atoms with Gasteiger partial charge in [0.1, 0.15) is 0 Å². The first-order valence-corrected chi connectivity index (χ1v) is 6.43. The first-order valence-electron chi connectivity index (χ1n) is 6.43. The molecule has 2 aromatic carbocycles. The summed E-state index contributed by atoms with van der Waals surface area (Å²) in [4.78, 5) is 11.4. The highest BCUT2D eigenvalue weighted by molar-refractivity contribution is 6.20. The van der Waals surface area contributed by atoms with Gasteiger partial charge in [0.2, 0.25) is 0 Å². The van der Waals surface area contributed by atoms with Gasteiger partial charge in [-0.25, -0.2) is 4.79 Å². The predicted octanol–water partition coefficient (Wildman–Crippen LogP) is 3.65. The molecule has 4 rings (SSSR count). The zero-order valence-electron chi connectivity index (χ0n) is 10.3. The molecule has 0 fully saturated rings. The van der Waals surface area contributed by atoms with E-state index in [1.165, 1.54) is 21.9 Å². The summed E-state index contributed by atoms with van der Waals surface area (Å²) in [6.45, 7) is 0. The van der Waals surface area contributed by atoms with Gasteiger partial charge in [0, 0.05) is 0 Å². The molecule has 0 aliphatic heterocycles. The number of benzene rings is 2. The minimum atomic E-state index is -0.835. The Morgan fingerprint density at radius 3 is 2.79 bits per heavy atom. The highest BCUT2D eigenvalue weighted by Gasteiger charge is 2.25. The van der Waals surface area contributed by atoms with Crippen LogP contribution >= 0.6 is 0 Å². The summed E-state index contributed by atoms with van der Waals surface area (Å²) in [6, 6.07) is 10.3. The fraction of sp³-hybridized carbons (Fsp3) is 0.118. The molecule has 0 saturated carbocycles. The van der Waals surface area contributed by atoms with E-state index in [0.717, 1.165) is 24.0 Å². The van der Waals surface area contributed by atoms with Crippen LogP contribution in [-0.4, -0.2) is 11.1 Å². The Balaban J connectivity index is 2.16. The number of carbonyl (C=O) groups is 1. The van der Waals surface area contributed by atoms with Crippen molar-refractivity contribution in [2.75, 3.05) is 0 Å². The molecule has 0 atom stereocenters. The van der Waals surface area contributed by atoms with Crippen LogP contribution in [0, 0.1) is 0 Å². The molecule has 0 heterocycles. The molecule has 0 radical (unpaired) electrons. The minimum Gasteiger partial charge on any atom is -0.478 e. The van der Waals surface area contributed by atoms with Crippen LogP contribution in [0.4, 0.5) is 0 Å². The van der Waals surface area contributed by atoms with Crippen molar-refractivity contribution in [1.29, 1.82) is 0 Å². The summed E-state index contributed by atoms with van der Waals surface area (Å²) >= 11 is 0. The maximum atomic E-state index is 11.4. The van der Waals surface area contributed by atoms with Gasteiger partial charge >= 0.3 is 5.97 Å².